The van der Waals surface area contributed by atoms with Gasteiger partial charge in [-0.15, -0.1) is 0 Å². The number of hydrogen-bond acceptors (Lipinski definition) is 3. The molecule has 25 heavy (non-hydrogen) atoms. The average molecular weight is 332 g/mol. The first-order valence-electron chi connectivity index (χ1n) is 8.95. The van der Waals surface area contributed by atoms with Crippen molar-refractivity contribution < 1.29 is 0 Å². The number of hydrogen-bond donors (Lipinski definition) is 0. The highest BCUT2D eigenvalue weighted by Gasteiger charge is 2.28. The van der Waals surface area contributed by atoms with E-state index in [0.29, 0.717) is 11.8 Å². The fourth-order valence-electron chi connectivity index (χ4n) is 3.38. The predicted molar refractivity (Wildman–Crippen MR) is 99.9 cm³/mol. The summed E-state index contributed by atoms with van der Waals surface area (Å²) in [4.78, 5) is 6.68. The summed E-state index contributed by atoms with van der Waals surface area (Å²) in [6.45, 7) is 7.58. The predicted octanol–water partition coefficient (Wildman–Crippen LogP) is 3.99. The fourth-order valence-corrected chi connectivity index (χ4v) is 3.38. The lowest BCUT2D eigenvalue weighted by Crippen LogP contribution is -2.44. The van der Waals surface area contributed by atoms with E-state index >= 15 is 0 Å². The molecule has 1 fully saturated rings. The van der Waals surface area contributed by atoms with Crippen LogP contribution >= 0.6 is 0 Å². The summed E-state index contributed by atoms with van der Waals surface area (Å²) in [6.07, 6.45) is 7.94. The van der Waals surface area contributed by atoms with Gasteiger partial charge in [-0.05, 0) is 35.2 Å². The molecule has 0 aliphatic carbocycles. The molecule has 0 unspecified atom stereocenters. The minimum absolute atomic E-state index is 0.557. The molecule has 3 heterocycles. The normalized spacial score (nSPS) is 15.5. The van der Waals surface area contributed by atoms with Gasteiger partial charge in [-0.25, -0.2) is 4.68 Å². The smallest absolute Gasteiger partial charge is 0.0645 e. The quantitative estimate of drug-likeness (QED) is 0.708. The summed E-state index contributed by atoms with van der Waals surface area (Å²) in [5.74, 6) is 1.17. The van der Waals surface area contributed by atoms with Crippen molar-refractivity contribution in [3.8, 4) is 5.69 Å². The Morgan fingerprint density at radius 3 is 2.56 bits per heavy atom. The van der Waals surface area contributed by atoms with Crippen LogP contribution in [0, 0.1) is 0 Å². The molecule has 0 atom stereocenters. The van der Waals surface area contributed by atoms with Crippen molar-refractivity contribution in [1.82, 2.24) is 19.7 Å². The zero-order valence-electron chi connectivity index (χ0n) is 14.8. The summed E-state index contributed by atoms with van der Waals surface area (Å²) in [5, 5.41) is 4.53. The van der Waals surface area contributed by atoms with Gasteiger partial charge >= 0.3 is 0 Å². The molecule has 4 heteroatoms. The summed E-state index contributed by atoms with van der Waals surface area (Å²) in [5.41, 5.74) is 5.09. The van der Waals surface area contributed by atoms with E-state index in [4.69, 9.17) is 0 Å². The van der Waals surface area contributed by atoms with Gasteiger partial charge in [-0.1, -0.05) is 32.0 Å². The van der Waals surface area contributed by atoms with Gasteiger partial charge < -0.3 is 0 Å². The maximum atomic E-state index is 4.53. The van der Waals surface area contributed by atoms with Gasteiger partial charge in [0.25, 0.3) is 0 Å². The summed E-state index contributed by atoms with van der Waals surface area (Å²) in [7, 11) is 0. The summed E-state index contributed by atoms with van der Waals surface area (Å²) in [6, 6.07) is 12.9. The topological polar surface area (TPSA) is 34.0 Å². The maximum Gasteiger partial charge on any atom is 0.0645 e. The van der Waals surface area contributed by atoms with Crippen molar-refractivity contribution in [1.29, 1.82) is 0 Å². The van der Waals surface area contributed by atoms with E-state index in [1.54, 1.807) is 0 Å². The van der Waals surface area contributed by atoms with E-state index < -0.39 is 0 Å². The molecular weight excluding hydrogens is 308 g/mol. The Balaban J connectivity index is 1.36. The Labute approximate surface area is 149 Å². The van der Waals surface area contributed by atoms with Gasteiger partial charge in [0.1, 0.15) is 0 Å². The number of nitrogens with zero attached hydrogens (tertiary/aromatic N) is 4. The van der Waals surface area contributed by atoms with E-state index in [1.807, 2.05) is 29.3 Å². The lowest BCUT2D eigenvalue weighted by molar-refractivity contribution is 0.139. The number of pyridine rings is 1. The highest BCUT2D eigenvalue weighted by atomic mass is 15.3. The SMILES string of the molecule is CC(C)c1ccc(-n2cc(CN3CC(c4cccnc4)C3)cn2)cc1. The highest BCUT2D eigenvalue weighted by Crippen LogP contribution is 2.27. The third-order valence-electron chi connectivity index (χ3n) is 4.98. The third kappa shape index (κ3) is 3.49. The van der Waals surface area contributed by atoms with Gasteiger partial charge in [0.2, 0.25) is 0 Å². The molecule has 3 aromatic rings. The monoisotopic (exact) mass is 332 g/mol. The number of benzene rings is 1. The molecule has 2 aromatic heterocycles. The van der Waals surface area contributed by atoms with E-state index in [2.05, 4.69) is 65.4 Å². The van der Waals surface area contributed by atoms with E-state index in [9.17, 15) is 0 Å². The number of rotatable bonds is 5. The second-order valence-corrected chi connectivity index (χ2v) is 7.22. The Bertz CT molecular complexity index is 815. The van der Waals surface area contributed by atoms with E-state index in [-0.39, 0.29) is 0 Å². The van der Waals surface area contributed by atoms with E-state index in [1.165, 1.54) is 16.7 Å². The molecule has 1 aliphatic rings. The molecular formula is C21H24N4. The second-order valence-electron chi connectivity index (χ2n) is 7.22. The molecule has 0 spiro atoms. The molecule has 0 amide bonds. The standard InChI is InChI=1S/C21H24N4/c1-16(2)18-5-7-21(8-6-18)25-13-17(10-23-25)12-24-14-20(15-24)19-4-3-9-22-11-19/h3-11,13,16,20H,12,14-15H2,1-2H3. The van der Waals surface area contributed by atoms with Crippen molar-refractivity contribution >= 4 is 0 Å². The Hall–Kier alpha value is -2.46. The maximum absolute atomic E-state index is 4.53. The first-order valence-corrected chi connectivity index (χ1v) is 8.95. The second kappa shape index (κ2) is 6.81. The van der Waals surface area contributed by atoms with Gasteiger partial charge in [-0.3, -0.25) is 9.88 Å². The summed E-state index contributed by atoms with van der Waals surface area (Å²) < 4.78 is 1.97. The minimum atomic E-state index is 0.557. The molecule has 0 N–H and O–H groups in total. The first-order chi connectivity index (χ1) is 12.2. The third-order valence-corrected chi connectivity index (χ3v) is 4.98. The molecule has 4 nitrogen and oxygen atoms in total. The molecule has 0 saturated carbocycles. The Kier molecular flexibility index (Phi) is 4.36. The molecule has 4 rings (SSSR count). The summed E-state index contributed by atoms with van der Waals surface area (Å²) >= 11 is 0. The zero-order chi connectivity index (χ0) is 17.2. The van der Waals surface area contributed by atoms with Crippen LogP contribution in [0.4, 0.5) is 0 Å². The van der Waals surface area contributed by atoms with Crippen molar-refractivity contribution in [2.24, 2.45) is 0 Å². The van der Waals surface area contributed by atoms with Crippen molar-refractivity contribution in [3.05, 3.63) is 77.9 Å². The van der Waals surface area contributed by atoms with Crippen LogP contribution in [0.2, 0.25) is 0 Å². The number of likely N-dealkylation sites (tertiary alicyclic amines) is 1. The van der Waals surface area contributed by atoms with Crippen LogP contribution in [-0.2, 0) is 6.54 Å². The van der Waals surface area contributed by atoms with Gasteiger partial charge in [0.05, 0.1) is 11.9 Å². The van der Waals surface area contributed by atoms with Gasteiger partial charge in [0.15, 0.2) is 0 Å². The van der Waals surface area contributed by atoms with Crippen LogP contribution in [0.25, 0.3) is 5.69 Å². The highest BCUT2D eigenvalue weighted by molar-refractivity contribution is 5.35. The van der Waals surface area contributed by atoms with Crippen LogP contribution in [-0.4, -0.2) is 32.8 Å². The lowest BCUT2D eigenvalue weighted by atomic mass is 9.92. The molecule has 1 aromatic carbocycles. The fraction of sp³-hybridized carbons (Fsp3) is 0.333. The van der Waals surface area contributed by atoms with Gasteiger partial charge in [-0.2, -0.15) is 5.10 Å². The molecule has 1 saturated heterocycles. The van der Waals surface area contributed by atoms with Gasteiger partial charge in [0, 0.05) is 49.7 Å². The van der Waals surface area contributed by atoms with Crippen LogP contribution < -0.4 is 0 Å². The van der Waals surface area contributed by atoms with Crippen LogP contribution in [0.15, 0.2) is 61.2 Å². The first kappa shape index (κ1) is 16.0. The Morgan fingerprint density at radius 2 is 1.88 bits per heavy atom. The molecule has 1 aliphatic heterocycles. The lowest BCUT2D eigenvalue weighted by Gasteiger charge is -2.39. The minimum Gasteiger partial charge on any atom is -0.298 e. The van der Waals surface area contributed by atoms with E-state index in [0.717, 1.165) is 25.3 Å². The van der Waals surface area contributed by atoms with Crippen molar-refractivity contribution in [3.63, 3.8) is 0 Å². The van der Waals surface area contributed by atoms with Crippen LogP contribution in [0.5, 0.6) is 0 Å². The molecule has 128 valence electrons. The van der Waals surface area contributed by atoms with Crippen LogP contribution in [0.3, 0.4) is 0 Å². The van der Waals surface area contributed by atoms with Crippen molar-refractivity contribution in [2.75, 3.05) is 13.1 Å². The largest absolute Gasteiger partial charge is 0.298 e. The molecule has 0 radical (unpaired) electrons. The Morgan fingerprint density at radius 1 is 1.08 bits per heavy atom. The number of aromatic nitrogens is 3. The zero-order valence-corrected chi connectivity index (χ0v) is 14.8. The molecule has 0 bridgehead atoms. The van der Waals surface area contributed by atoms with Crippen LogP contribution in [0.1, 0.15) is 42.4 Å². The average Bonchev–Trinajstić information content (AvgIpc) is 3.07. The van der Waals surface area contributed by atoms with Crippen molar-refractivity contribution in [2.45, 2.75) is 32.2 Å².